The fraction of sp³-hybridized carbons (Fsp3) is 0. The van der Waals surface area contributed by atoms with E-state index in [9.17, 15) is 25.8 Å². The number of carbonyl (C=O) groups excluding carboxylic acids is 2. The summed E-state index contributed by atoms with van der Waals surface area (Å²) in [6.07, 6.45) is 0. The highest BCUT2D eigenvalue weighted by atomic mass is 16.2. The second-order valence-electron chi connectivity index (χ2n) is 15.0. The third-order valence-electron chi connectivity index (χ3n) is 11.3. The number of nitriles is 4. The fourth-order valence-electron chi connectivity index (χ4n) is 8.51. The first kappa shape index (κ1) is 37.0. The van der Waals surface area contributed by atoms with E-state index in [1.54, 1.807) is 48.5 Å². The summed E-state index contributed by atoms with van der Waals surface area (Å²) in [7, 11) is 0. The Labute approximate surface area is 355 Å². The Morgan fingerprint density at radius 2 is 0.823 bits per heavy atom. The SMILES string of the molecule is N#Cc1cc(C#N)cc(-c2ccc3c4ccc(-c5cc(C#N)cc(C#N)c5)cc4n(-c4cccc5c4C(=O)N(c4cc(-c6ccccc6)cc(-c6ccccc6)c4)C5=O)c3c2)c1. The molecule has 8 nitrogen and oxygen atoms in total. The molecule has 2 amide bonds. The van der Waals surface area contributed by atoms with Crippen molar-refractivity contribution in [3.8, 4) is 74.5 Å². The van der Waals surface area contributed by atoms with Crippen molar-refractivity contribution < 1.29 is 9.59 Å². The number of hydrogen-bond donors (Lipinski definition) is 0. The van der Waals surface area contributed by atoms with Gasteiger partial charge < -0.3 is 4.57 Å². The van der Waals surface area contributed by atoms with Gasteiger partial charge in [-0.15, -0.1) is 0 Å². The van der Waals surface area contributed by atoms with Crippen LogP contribution in [0.1, 0.15) is 43.0 Å². The molecule has 0 unspecified atom stereocenters. The van der Waals surface area contributed by atoms with Gasteiger partial charge in [-0.1, -0.05) is 91.0 Å². The van der Waals surface area contributed by atoms with Gasteiger partial charge in [-0.3, -0.25) is 9.59 Å². The third-order valence-corrected chi connectivity index (χ3v) is 11.3. The molecule has 0 bridgehead atoms. The van der Waals surface area contributed by atoms with E-state index < -0.39 is 11.8 Å². The summed E-state index contributed by atoms with van der Waals surface area (Å²) in [4.78, 5) is 31.0. The van der Waals surface area contributed by atoms with E-state index in [1.807, 2.05) is 120 Å². The van der Waals surface area contributed by atoms with Crippen LogP contribution in [0.25, 0.3) is 72.0 Å². The molecule has 8 heteroatoms. The average molecular weight is 793 g/mol. The van der Waals surface area contributed by atoms with E-state index in [0.717, 1.165) is 44.2 Å². The van der Waals surface area contributed by atoms with Gasteiger partial charge in [0, 0.05) is 10.8 Å². The summed E-state index contributed by atoms with van der Waals surface area (Å²) in [6.45, 7) is 0. The standard InChI is InChI=1S/C54H28N6O2/c55-29-33-18-34(30-56)21-41(20-33)39-14-16-46-47-17-15-40(42-22-35(31-57)19-36(23-42)32-58)28-51(47)60(50(46)27-39)49-13-7-12-48-52(49)54(62)59(53(48)61)45-25-43(37-8-3-1-4-9-37)24-44(26-45)38-10-5-2-6-11-38/h1-28H. The minimum Gasteiger partial charge on any atom is -0.308 e. The molecule has 286 valence electrons. The van der Waals surface area contributed by atoms with Gasteiger partial charge in [0.25, 0.3) is 11.8 Å². The Morgan fingerprint density at radius 1 is 0.371 bits per heavy atom. The first-order chi connectivity index (χ1) is 30.3. The highest BCUT2D eigenvalue weighted by Gasteiger charge is 2.40. The topological polar surface area (TPSA) is 137 Å². The predicted octanol–water partition coefficient (Wildman–Crippen LogP) is 11.7. The Hall–Kier alpha value is -9.34. The van der Waals surface area contributed by atoms with Gasteiger partial charge in [0.2, 0.25) is 0 Å². The normalized spacial score (nSPS) is 11.8. The van der Waals surface area contributed by atoms with Gasteiger partial charge in [-0.2, -0.15) is 21.0 Å². The van der Waals surface area contributed by atoms with Crippen LogP contribution in [-0.4, -0.2) is 16.4 Å². The van der Waals surface area contributed by atoms with Crippen molar-refractivity contribution in [2.75, 3.05) is 4.90 Å². The predicted molar refractivity (Wildman–Crippen MR) is 239 cm³/mol. The molecular weight excluding hydrogens is 765 g/mol. The zero-order valence-corrected chi connectivity index (χ0v) is 32.7. The highest BCUT2D eigenvalue weighted by Crippen LogP contribution is 2.42. The zero-order valence-electron chi connectivity index (χ0n) is 32.7. The van der Waals surface area contributed by atoms with E-state index >= 15 is 4.79 Å². The van der Waals surface area contributed by atoms with Crippen LogP contribution in [0.5, 0.6) is 0 Å². The Balaban J connectivity index is 1.21. The first-order valence-corrected chi connectivity index (χ1v) is 19.6. The number of hydrogen-bond acceptors (Lipinski definition) is 6. The summed E-state index contributed by atoms with van der Waals surface area (Å²) < 4.78 is 1.97. The van der Waals surface area contributed by atoms with Crippen LogP contribution >= 0.6 is 0 Å². The minimum absolute atomic E-state index is 0.231. The van der Waals surface area contributed by atoms with Gasteiger partial charge in [0.05, 0.1) is 80.1 Å². The summed E-state index contributed by atoms with van der Waals surface area (Å²) >= 11 is 0. The maximum absolute atomic E-state index is 15.1. The molecule has 1 aliphatic heterocycles. The maximum atomic E-state index is 15.1. The van der Waals surface area contributed by atoms with Crippen LogP contribution in [0.15, 0.2) is 170 Å². The number of anilines is 1. The van der Waals surface area contributed by atoms with Crippen molar-refractivity contribution in [3.05, 3.63) is 203 Å². The second kappa shape index (κ2) is 14.8. The fourth-order valence-corrected chi connectivity index (χ4v) is 8.51. The average Bonchev–Trinajstić information content (AvgIpc) is 3.80. The second-order valence-corrected chi connectivity index (χ2v) is 15.0. The number of nitrogens with zero attached hydrogens (tertiary/aromatic N) is 6. The molecule has 9 aromatic rings. The smallest absolute Gasteiger partial charge is 0.268 e. The molecule has 1 aliphatic rings. The van der Waals surface area contributed by atoms with Crippen molar-refractivity contribution in [1.82, 2.24) is 4.57 Å². The van der Waals surface area contributed by atoms with E-state index in [4.69, 9.17) is 0 Å². The first-order valence-electron chi connectivity index (χ1n) is 19.6. The summed E-state index contributed by atoms with van der Waals surface area (Å²) in [5.41, 5.74) is 10.6. The van der Waals surface area contributed by atoms with Gasteiger partial charge >= 0.3 is 0 Å². The van der Waals surface area contributed by atoms with E-state index in [0.29, 0.717) is 55.8 Å². The van der Waals surface area contributed by atoms with Crippen LogP contribution in [0.3, 0.4) is 0 Å². The lowest BCUT2D eigenvalue weighted by atomic mass is 9.97. The van der Waals surface area contributed by atoms with Crippen LogP contribution in [0.2, 0.25) is 0 Å². The molecule has 62 heavy (non-hydrogen) atoms. The van der Waals surface area contributed by atoms with Crippen molar-refractivity contribution in [3.63, 3.8) is 0 Å². The lowest BCUT2D eigenvalue weighted by Crippen LogP contribution is -2.29. The number of imide groups is 1. The Bertz CT molecular complexity index is 3300. The van der Waals surface area contributed by atoms with E-state index in [-0.39, 0.29) is 11.1 Å². The van der Waals surface area contributed by atoms with Crippen molar-refractivity contribution in [1.29, 1.82) is 21.0 Å². The minimum atomic E-state index is -0.479. The van der Waals surface area contributed by atoms with Crippen LogP contribution in [-0.2, 0) is 0 Å². The van der Waals surface area contributed by atoms with Gasteiger partial charge in [0.1, 0.15) is 0 Å². The number of fused-ring (bicyclic) bond motifs is 4. The van der Waals surface area contributed by atoms with Crippen molar-refractivity contribution in [2.45, 2.75) is 0 Å². The molecule has 10 rings (SSSR count). The van der Waals surface area contributed by atoms with Gasteiger partial charge in [-0.05, 0) is 123 Å². The number of benzene rings is 8. The Morgan fingerprint density at radius 3 is 1.27 bits per heavy atom. The van der Waals surface area contributed by atoms with Crippen LogP contribution in [0.4, 0.5) is 5.69 Å². The zero-order chi connectivity index (χ0) is 42.5. The molecule has 0 spiro atoms. The number of amides is 2. The van der Waals surface area contributed by atoms with E-state index in [2.05, 4.69) is 30.3 Å². The summed E-state index contributed by atoms with van der Waals surface area (Å²) in [5, 5.41) is 40.9. The molecule has 2 heterocycles. The summed E-state index contributed by atoms with van der Waals surface area (Å²) in [6, 6.07) is 61.1. The maximum Gasteiger partial charge on any atom is 0.268 e. The van der Waals surface area contributed by atoms with Gasteiger partial charge in [-0.25, -0.2) is 4.90 Å². The third kappa shape index (κ3) is 6.14. The number of aromatic nitrogens is 1. The van der Waals surface area contributed by atoms with Gasteiger partial charge in [0.15, 0.2) is 0 Å². The number of carbonyl (C=O) groups is 2. The molecule has 0 fully saturated rings. The molecule has 0 atom stereocenters. The molecule has 0 saturated carbocycles. The number of rotatable bonds is 6. The molecule has 0 aliphatic carbocycles. The molecule has 0 N–H and O–H groups in total. The largest absolute Gasteiger partial charge is 0.308 e. The lowest BCUT2D eigenvalue weighted by molar-refractivity contribution is 0.0926. The highest BCUT2D eigenvalue weighted by molar-refractivity contribution is 6.36. The molecule has 0 saturated heterocycles. The molecular formula is C54H28N6O2. The Kier molecular flexibility index (Phi) is 8.82. The summed E-state index contributed by atoms with van der Waals surface area (Å²) in [5.74, 6) is -0.930. The van der Waals surface area contributed by atoms with Crippen molar-refractivity contribution >= 4 is 39.3 Å². The van der Waals surface area contributed by atoms with Crippen LogP contribution < -0.4 is 4.90 Å². The quantitative estimate of drug-likeness (QED) is 0.154. The lowest BCUT2D eigenvalue weighted by Gasteiger charge is -2.18. The van der Waals surface area contributed by atoms with Crippen LogP contribution in [0, 0.1) is 45.3 Å². The van der Waals surface area contributed by atoms with Crippen molar-refractivity contribution in [2.24, 2.45) is 0 Å². The molecule has 8 aromatic carbocycles. The van der Waals surface area contributed by atoms with E-state index in [1.165, 1.54) is 4.90 Å². The molecule has 1 aromatic heterocycles. The monoisotopic (exact) mass is 792 g/mol. The molecule has 0 radical (unpaired) electrons.